The van der Waals surface area contributed by atoms with E-state index in [2.05, 4.69) is 24.7 Å². The molecule has 0 N–H and O–H groups in total. The molecular weight excluding hydrogens is 132 g/mol. The molecule has 0 aromatic rings. The van der Waals surface area contributed by atoms with Crippen molar-refractivity contribution in [1.29, 1.82) is 0 Å². The summed E-state index contributed by atoms with van der Waals surface area (Å²) in [6.07, 6.45) is 11.8. The Kier molecular flexibility index (Phi) is 8.39. The van der Waals surface area contributed by atoms with E-state index in [1.54, 1.807) is 0 Å². The normalized spacial score (nSPS) is 8.00. The molecule has 11 heavy (non-hydrogen) atoms. The first kappa shape index (κ1) is 10.1. The summed E-state index contributed by atoms with van der Waals surface area (Å²) in [5.41, 5.74) is 0. The second-order valence-electron chi connectivity index (χ2n) is 2.55. The standard InChI is InChI=1S/C11H16/c1-3-5-7-9-11-10-8-6-4-2/h1H,4-6,8,10-11H2,2H3. The molecule has 0 aromatic heterocycles. The third-order valence-corrected chi connectivity index (χ3v) is 1.47. The van der Waals surface area contributed by atoms with E-state index in [0.717, 1.165) is 6.42 Å². The van der Waals surface area contributed by atoms with Crippen molar-refractivity contribution >= 4 is 0 Å². The summed E-state index contributed by atoms with van der Waals surface area (Å²) < 4.78 is 0. The van der Waals surface area contributed by atoms with Crippen LogP contribution in [-0.4, -0.2) is 0 Å². The van der Waals surface area contributed by atoms with Crippen LogP contribution < -0.4 is 0 Å². The zero-order valence-corrected chi connectivity index (χ0v) is 7.32. The van der Waals surface area contributed by atoms with Crippen LogP contribution in [0.5, 0.6) is 0 Å². The van der Waals surface area contributed by atoms with E-state index in [9.17, 15) is 0 Å². The van der Waals surface area contributed by atoms with Gasteiger partial charge in [0.15, 0.2) is 0 Å². The SMILES string of the molecule is C#CCC#CCCCCCC. The number of rotatable bonds is 4. The van der Waals surface area contributed by atoms with Gasteiger partial charge in [-0.2, -0.15) is 0 Å². The summed E-state index contributed by atoms with van der Waals surface area (Å²) in [5.74, 6) is 8.47. The van der Waals surface area contributed by atoms with Crippen molar-refractivity contribution in [2.24, 2.45) is 0 Å². The molecule has 0 saturated carbocycles. The maximum absolute atomic E-state index is 5.04. The average Bonchev–Trinajstić information content (AvgIpc) is 2.03. The Morgan fingerprint density at radius 2 is 1.91 bits per heavy atom. The number of hydrogen-bond donors (Lipinski definition) is 0. The Labute approximate surface area is 70.4 Å². The van der Waals surface area contributed by atoms with Gasteiger partial charge in [-0.1, -0.05) is 38.0 Å². The minimum Gasteiger partial charge on any atom is -0.119 e. The van der Waals surface area contributed by atoms with Gasteiger partial charge in [-0.25, -0.2) is 0 Å². The Morgan fingerprint density at radius 1 is 1.09 bits per heavy atom. The number of hydrogen-bond acceptors (Lipinski definition) is 0. The topological polar surface area (TPSA) is 0 Å². The predicted octanol–water partition coefficient (Wildman–Crippen LogP) is 2.98. The molecule has 0 nitrogen and oxygen atoms in total. The lowest BCUT2D eigenvalue weighted by molar-refractivity contribution is 0.679. The third kappa shape index (κ3) is 9.12. The molecule has 0 radical (unpaired) electrons. The maximum atomic E-state index is 5.04. The van der Waals surface area contributed by atoms with Crippen LogP contribution >= 0.6 is 0 Å². The highest BCUT2D eigenvalue weighted by atomic mass is 13.9. The zero-order chi connectivity index (χ0) is 8.36. The molecule has 0 atom stereocenters. The third-order valence-electron chi connectivity index (χ3n) is 1.47. The van der Waals surface area contributed by atoms with Crippen molar-refractivity contribution in [2.75, 3.05) is 0 Å². The van der Waals surface area contributed by atoms with Crippen LogP contribution in [0.4, 0.5) is 0 Å². The van der Waals surface area contributed by atoms with E-state index in [4.69, 9.17) is 6.42 Å². The summed E-state index contributed by atoms with van der Waals surface area (Å²) in [4.78, 5) is 0. The summed E-state index contributed by atoms with van der Waals surface area (Å²) >= 11 is 0. The van der Waals surface area contributed by atoms with Gasteiger partial charge in [0.05, 0.1) is 6.42 Å². The average molecular weight is 148 g/mol. The second kappa shape index (κ2) is 9.12. The van der Waals surface area contributed by atoms with E-state index in [1.165, 1.54) is 25.7 Å². The fourth-order valence-electron chi connectivity index (χ4n) is 0.842. The van der Waals surface area contributed by atoms with Crippen molar-refractivity contribution in [2.45, 2.75) is 45.4 Å². The van der Waals surface area contributed by atoms with Gasteiger partial charge in [0, 0.05) is 6.42 Å². The summed E-state index contributed by atoms with van der Waals surface area (Å²) in [7, 11) is 0. The predicted molar refractivity (Wildman–Crippen MR) is 50.0 cm³/mol. The Balaban J connectivity index is 3.04. The Bertz CT molecular complexity index is 161. The summed E-state index contributed by atoms with van der Waals surface area (Å²) in [6, 6.07) is 0. The molecule has 0 heteroatoms. The molecule has 0 fully saturated rings. The van der Waals surface area contributed by atoms with E-state index < -0.39 is 0 Å². The molecule has 0 saturated heterocycles. The molecule has 0 spiro atoms. The van der Waals surface area contributed by atoms with Crippen molar-refractivity contribution < 1.29 is 0 Å². The lowest BCUT2D eigenvalue weighted by Crippen LogP contribution is -1.73. The van der Waals surface area contributed by atoms with E-state index in [0.29, 0.717) is 6.42 Å². The quantitative estimate of drug-likeness (QED) is 0.424. The molecule has 0 aromatic carbocycles. The minimum atomic E-state index is 0.605. The highest BCUT2D eigenvalue weighted by Gasteiger charge is 1.82. The van der Waals surface area contributed by atoms with E-state index in [1.807, 2.05) is 0 Å². The first-order valence-electron chi connectivity index (χ1n) is 4.31. The van der Waals surface area contributed by atoms with Crippen molar-refractivity contribution in [3.05, 3.63) is 0 Å². The largest absolute Gasteiger partial charge is 0.119 e. The second-order valence-corrected chi connectivity index (χ2v) is 2.55. The van der Waals surface area contributed by atoms with Crippen molar-refractivity contribution in [3.8, 4) is 24.2 Å². The lowest BCUT2D eigenvalue weighted by atomic mass is 10.1. The molecule has 0 unspecified atom stereocenters. The van der Waals surface area contributed by atoms with E-state index >= 15 is 0 Å². The van der Waals surface area contributed by atoms with Gasteiger partial charge in [0.1, 0.15) is 0 Å². The van der Waals surface area contributed by atoms with Gasteiger partial charge in [0.25, 0.3) is 0 Å². The highest BCUT2D eigenvalue weighted by molar-refractivity contribution is 5.07. The van der Waals surface area contributed by atoms with Gasteiger partial charge in [0.2, 0.25) is 0 Å². The van der Waals surface area contributed by atoms with Gasteiger partial charge in [-0.15, -0.1) is 12.3 Å². The monoisotopic (exact) mass is 148 g/mol. The molecule has 0 aliphatic rings. The number of terminal acetylenes is 1. The molecular formula is C11H16. The van der Waals surface area contributed by atoms with Gasteiger partial charge in [-0.05, 0) is 6.42 Å². The van der Waals surface area contributed by atoms with Crippen LogP contribution in [0.25, 0.3) is 0 Å². The molecule has 0 amide bonds. The Hall–Kier alpha value is -0.880. The minimum absolute atomic E-state index is 0.605. The van der Waals surface area contributed by atoms with Crippen LogP contribution in [-0.2, 0) is 0 Å². The lowest BCUT2D eigenvalue weighted by Gasteiger charge is -1.91. The summed E-state index contributed by atoms with van der Waals surface area (Å²) in [6.45, 7) is 2.21. The molecule has 0 bridgehead atoms. The zero-order valence-electron chi connectivity index (χ0n) is 7.32. The number of unbranched alkanes of at least 4 members (excludes halogenated alkanes) is 4. The first-order valence-corrected chi connectivity index (χ1v) is 4.31. The van der Waals surface area contributed by atoms with Crippen molar-refractivity contribution in [3.63, 3.8) is 0 Å². The van der Waals surface area contributed by atoms with Crippen LogP contribution in [0.3, 0.4) is 0 Å². The molecule has 0 aliphatic carbocycles. The van der Waals surface area contributed by atoms with Gasteiger partial charge in [-0.3, -0.25) is 0 Å². The first-order chi connectivity index (χ1) is 5.41. The molecule has 0 aliphatic heterocycles. The van der Waals surface area contributed by atoms with Crippen LogP contribution in [0.15, 0.2) is 0 Å². The van der Waals surface area contributed by atoms with Gasteiger partial charge < -0.3 is 0 Å². The Morgan fingerprint density at radius 3 is 2.55 bits per heavy atom. The smallest absolute Gasteiger partial charge is 0.0700 e. The fraction of sp³-hybridized carbons (Fsp3) is 0.636. The summed E-state index contributed by atoms with van der Waals surface area (Å²) in [5, 5.41) is 0. The van der Waals surface area contributed by atoms with Gasteiger partial charge >= 0.3 is 0 Å². The molecule has 60 valence electrons. The fourth-order valence-corrected chi connectivity index (χ4v) is 0.842. The molecule has 0 rings (SSSR count). The van der Waals surface area contributed by atoms with Crippen molar-refractivity contribution in [1.82, 2.24) is 0 Å². The maximum Gasteiger partial charge on any atom is 0.0700 e. The van der Waals surface area contributed by atoms with Crippen LogP contribution in [0, 0.1) is 24.2 Å². The van der Waals surface area contributed by atoms with E-state index in [-0.39, 0.29) is 0 Å². The van der Waals surface area contributed by atoms with Crippen LogP contribution in [0.1, 0.15) is 45.4 Å². The van der Waals surface area contributed by atoms with Crippen LogP contribution in [0.2, 0.25) is 0 Å². The highest BCUT2D eigenvalue weighted by Crippen LogP contribution is 2.00. The molecule has 0 heterocycles.